The number of Topliss-reactive ketones (excluding diaryl/α,β-unsaturated/α-hetero) is 2. The molecule has 1 aliphatic carbocycles. The number of ketones is 2. The van der Waals surface area contributed by atoms with Gasteiger partial charge in [0.1, 0.15) is 6.61 Å². The van der Waals surface area contributed by atoms with Crippen molar-refractivity contribution in [3.63, 3.8) is 0 Å². The molecule has 10 nitrogen and oxygen atoms in total. The van der Waals surface area contributed by atoms with E-state index < -0.39 is 29.4 Å². The number of carbonyl (C=O) groups is 4. The molecular formula is C17H20N4O6. The molecule has 0 saturated carbocycles. The monoisotopic (exact) mass is 376 g/mol. The summed E-state index contributed by atoms with van der Waals surface area (Å²) in [7, 11) is 1.50. The van der Waals surface area contributed by atoms with Gasteiger partial charge in [0.2, 0.25) is 17.5 Å². The van der Waals surface area contributed by atoms with Crippen LogP contribution in [0.1, 0.15) is 13.8 Å². The number of nitrogens with one attached hydrogen (secondary N) is 2. The average molecular weight is 376 g/mol. The van der Waals surface area contributed by atoms with Crippen LogP contribution in [0, 0.1) is 5.92 Å². The average Bonchev–Trinajstić information content (AvgIpc) is 3.21. The van der Waals surface area contributed by atoms with Crippen molar-refractivity contribution in [1.29, 1.82) is 0 Å². The van der Waals surface area contributed by atoms with E-state index in [0.29, 0.717) is 6.54 Å². The summed E-state index contributed by atoms with van der Waals surface area (Å²) in [6.07, 6.45) is -0.983. The maximum Gasteiger partial charge on any atom is 0.404 e. The van der Waals surface area contributed by atoms with Gasteiger partial charge in [-0.3, -0.25) is 14.4 Å². The summed E-state index contributed by atoms with van der Waals surface area (Å²) in [5.41, 5.74) is 4.64. The first-order valence-corrected chi connectivity index (χ1v) is 8.57. The molecular weight excluding hydrogens is 356 g/mol. The van der Waals surface area contributed by atoms with Crippen molar-refractivity contribution in [2.45, 2.75) is 31.7 Å². The van der Waals surface area contributed by atoms with Crippen LogP contribution in [-0.2, 0) is 23.9 Å². The van der Waals surface area contributed by atoms with E-state index in [0.717, 1.165) is 0 Å². The molecule has 4 rings (SSSR count). The lowest BCUT2D eigenvalue weighted by Gasteiger charge is -2.39. The van der Waals surface area contributed by atoms with Crippen molar-refractivity contribution in [2.24, 2.45) is 11.7 Å². The minimum absolute atomic E-state index is 0.0527. The molecule has 0 bridgehead atoms. The lowest BCUT2D eigenvalue weighted by atomic mass is 9.82. The molecule has 4 aliphatic rings. The van der Waals surface area contributed by atoms with E-state index in [1.54, 1.807) is 4.90 Å². The first-order chi connectivity index (χ1) is 12.7. The van der Waals surface area contributed by atoms with Gasteiger partial charge in [0.05, 0.1) is 23.4 Å². The van der Waals surface area contributed by atoms with Crippen LogP contribution < -0.4 is 16.4 Å². The number of primary amides is 1. The third-order valence-electron chi connectivity index (χ3n) is 5.73. The molecule has 4 N–H and O–H groups in total. The zero-order valence-corrected chi connectivity index (χ0v) is 15.1. The van der Waals surface area contributed by atoms with Crippen LogP contribution in [0.25, 0.3) is 0 Å². The maximum atomic E-state index is 13.2. The van der Waals surface area contributed by atoms with E-state index in [-0.39, 0.29) is 47.0 Å². The second-order valence-corrected chi connectivity index (χ2v) is 7.10. The zero-order chi connectivity index (χ0) is 19.7. The van der Waals surface area contributed by atoms with Crippen LogP contribution in [0.3, 0.4) is 0 Å². The van der Waals surface area contributed by atoms with Gasteiger partial charge in [-0.1, -0.05) is 0 Å². The topological polar surface area (TPSA) is 150 Å². The van der Waals surface area contributed by atoms with E-state index in [2.05, 4.69) is 10.6 Å². The maximum absolute atomic E-state index is 13.2. The van der Waals surface area contributed by atoms with Crippen LogP contribution in [0.4, 0.5) is 4.79 Å². The third-order valence-corrected chi connectivity index (χ3v) is 5.73. The van der Waals surface area contributed by atoms with E-state index in [4.69, 9.17) is 15.2 Å². The summed E-state index contributed by atoms with van der Waals surface area (Å²) in [6, 6.07) is 0.0127. The number of rotatable bonds is 4. The molecule has 2 saturated heterocycles. The number of fused-ring (bicyclic) bond motifs is 4. The van der Waals surface area contributed by atoms with Crippen molar-refractivity contribution in [3.8, 4) is 0 Å². The molecule has 144 valence electrons. The van der Waals surface area contributed by atoms with Gasteiger partial charge in [-0.25, -0.2) is 4.79 Å². The number of hydrogen-bond donors (Lipinski definition) is 3. The van der Waals surface area contributed by atoms with E-state index in [1.807, 2.05) is 0 Å². The van der Waals surface area contributed by atoms with Gasteiger partial charge in [0.15, 0.2) is 5.72 Å². The molecule has 4 unspecified atom stereocenters. The first kappa shape index (κ1) is 17.7. The smallest absolute Gasteiger partial charge is 0.404 e. The third kappa shape index (κ3) is 2.20. The number of piperazine rings is 1. The van der Waals surface area contributed by atoms with Crippen molar-refractivity contribution in [2.75, 3.05) is 20.3 Å². The van der Waals surface area contributed by atoms with Crippen molar-refractivity contribution >= 4 is 23.6 Å². The summed E-state index contributed by atoms with van der Waals surface area (Å²) in [5, 5.41) is 5.73. The molecule has 0 aromatic rings. The Kier molecular flexibility index (Phi) is 3.69. The Bertz CT molecular complexity index is 861. The fourth-order valence-electron chi connectivity index (χ4n) is 4.62. The van der Waals surface area contributed by atoms with E-state index in [1.165, 1.54) is 21.0 Å². The SMILES string of the molecule is COC12C(COC(N)=O)C3=C(C(=O)C(C)=C(NC(C)=O)C3=O)N1CC1NC12. The van der Waals surface area contributed by atoms with Gasteiger partial charge < -0.3 is 30.7 Å². The lowest BCUT2D eigenvalue weighted by Crippen LogP contribution is -2.55. The Labute approximate surface area is 154 Å². The van der Waals surface area contributed by atoms with Crippen LogP contribution >= 0.6 is 0 Å². The van der Waals surface area contributed by atoms with Gasteiger partial charge in [-0.05, 0) is 6.92 Å². The fraction of sp³-hybridized carbons (Fsp3) is 0.529. The van der Waals surface area contributed by atoms with E-state index >= 15 is 0 Å². The summed E-state index contributed by atoms with van der Waals surface area (Å²) < 4.78 is 10.8. The highest BCUT2D eigenvalue weighted by Gasteiger charge is 2.72. The number of allylic oxidation sites excluding steroid dienone is 2. The molecule has 0 radical (unpaired) electrons. The Morgan fingerprint density at radius 2 is 2.07 bits per heavy atom. The lowest BCUT2D eigenvalue weighted by molar-refractivity contribution is -0.137. The molecule has 0 aromatic carbocycles. The second-order valence-electron chi connectivity index (χ2n) is 7.10. The minimum Gasteiger partial charge on any atom is -0.449 e. The first-order valence-electron chi connectivity index (χ1n) is 8.57. The number of ether oxygens (including phenoxy) is 2. The number of methoxy groups -OCH3 is 1. The molecule has 0 aromatic heterocycles. The highest BCUT2D eigenvalue weighted by atomic mass is 16.6. The zero-order valence-electron chi connectivity index (χ0n) is 15.1. The molecule has 2 fully saturated rings. The molecule has 3 aliphatic heterocycles. The Morgan fingerprint density at radius 1 is 1.37 bits per heavy atom. The number of carbonyl (C=O) groups excluding carboxylic acids is 4. The van der Waals surface area contributed by atoms with Gasteiger partial charge in [-0.15, -0.1) is 0 Å². The van der Waals surface area contributed by atoms with Gasteiger partial charge in [0.25, 0.3) is 0 Å². The molecule has 0 spiro atoms. The van der Waals surface area contributed by atoms with Crippen LogP contribution in [-0.4, -0.2) is 66.5 Å². The summed E-state index contributed by atoms with van der Waals surface area (Å²) in [4.78, 5) is 50.8. The van der Waals surface area contributed by atoms with Crippen molar-refractivity contribution in [1.82, 2.24) is 15.5 Å². The van der Waals surface area contributed by atoms with Gasteiger partial charge in [-0.2, -0.15) is 0 Å². The largest absolute Gasteiger partial charge is 0.449 e. The number of nitrogens with two attached hydrogens (primary N) is 1. The van der Waals surface area contributed by atoms with Crippen molar-refractivity contribution < 1.29 is 28.7 Å². The van der Waals surface area contributed by atoms with Crippen LogP contribution in [0.15, 0.2) is 22.5 Å². The Morgan fingerprint density at radius 3 is 2.67 bits per heavy atom. The Hall–Kier alpha value is -2.72. The summed E-state index contributed by atoms with van der Waals surface area (Å²) in [5.74, 6) is -2.00. The highest BCUT2D eigenvalue weighted by molar-refractivity contribution is 6.26. The molecule has 2 amide bonds. The van der Waals surface area contributed by atoms with E-state index in [9.17, 15) is 19.2 Å². The van der Waals surface area contributed by atoms with Crippen molar-refractivity contribution in [3.05, 3.63) is 22.5 Å². The second kappa shape index (κ2) is 5.64. The number of amides is 2. The Balaban J connectivity index is 1.82. The number of hydrogen-bond acceptors (Lipinski definition) is 8. The highest BCUT2D eigenvalue weighted by Crippen LogP contribution is 2.55. The standard InChI is InChI=1S/C17H20N4O6/c1-6-11(19-7(2)22)14(24)10-8(5-27-16(18)25)17(26-3)15-9(20-15)4-21(17)12(10)13(6)23/h8-9,15,20H,4-5H2,1-3H3,(H2,18,25)(H,19,22). The van der Waals surface area contributed by atoms with Crippen LogP contribution in [0.2, 0.25) is 0 Å². The predicted octanol–water partition coefficient (Wildman–Crippen LogP) is -1.47. The molecule has 4 atom stereocenters. The molecule has 3 heterocycles. The van der Waals surface area contributed by atoms with Crippen LogP contribution in [0.5, 0.6) is 0 Å². The molecule has 27 heavy (non-hydrogen) atoms. The summed E-state index contributed by atoms with van der Waals surface area (Å²) in [6.45, 7) is 3.05. The molecule has 10 heteroatoms. The van der Waals surface area contributed by atoms with Gasteiger partial charge >= 0.3 is 6.09 Å². The predicted molar refractivity (Wildman–Crippen MR) is 89.7 cm³/mol. The minimum atomic E-state index is -1.03. The van der Waals surface area contributed by atoms with Gasteiger partial charge in [0, 0.05) is 37.8 Å². The fourth-order valence-corrected chi connectivity index (χ4v) is 4.62. The summed E-state index contributed by atoms with van der Waals surface area (Å²) >= 11 is 0. The normalized spacial score (nSPS) is 33.7. The number of nitrogens with zero attached hydrogens (tertiary/aromatic N) is 1. The quantitative estimate of drug-likeness (QED) is 0.397.